The van der Waals surface area contributed by atoms with E-state index >= 15 is 0 Å². The number of nitrogens with zero attached hydrogens (tertiary/aromatic N) is 4. The van der Waals surface area contributed by atoms with Crippen LogP contribution in [0.5, 0.6) is 0 Å². The van der Waals surface area contributed by atoms with Crippen molar-refractivity contribution in [2.75, 3.05) is 6.54 Å². The average Bonchev–Trinajstić information content (AvgIpc) is 3.11. The van der Waals surface area contributed by atoms with E-state index in [4.69, 9.17) is 0 Å². The summed E-state index contributed by atoms with van der Waals surface area (Å²) in [5.74, 6) is -0.0800. The number of rotatable bonds is 6. The number of carbonyl (C=O) groups excluding carboxylic acids is 1. The molecule has 0 radical (unpaired) electrons. The van der Waals surface area contributed by atoms with Gasteiger partial charge in [-0.25, -0.2) is 4.98 Å². The first kappa shape index (κ1) is 18.3. The maximum absolute atomic E-state index is 13.2. The second-order valence-corrected chi connectivity index (χ2v) is 7.23. The molecule has 7 nitrogen and oxygen atoms in total. The summed E-state index contributed by atoms with van der Waals surface area (Å²) in [6, 6.07) is 1.88. The van der Waals surface area contributed by atoms with Gasteiger partial charge in [0.15, 0.2) is 4.96 Å². The number of unbranched alkanes of at least 4 members (excludes halogenated alkanes) is 1. The van der Waals surface area contributed by atoms with E-state index in [0.29, 0.717) is 28.5 Å². The molecule has 3 heterocycles. The van der Waals surface area contributed by atoms with Crippen molar-refractivity contribution < 1.29 is 4.79 Å². The van der Waals surface area contributed by atoms with Crippen LogP contribution in [0.4, 0.5) is 0 Å². The highest BCUT2D eigenvalue weighted by molar-refractivity contribution is 7.15. The van der Waals surface area contributed by atoms with Crippen LogP contribution >= 0.6 is 11.3 Å². The zero-order valence-electron chi connectivity index (χ0n) is 15.5. The van der Waals surface area contributed by atoms with Gasteiger partial charge in [-0.1, -0.05) is 13.3 Å². The fraction of sp³-hybridized carbons (Fsp3) is 0.444. The molecule has 0 atom stereocenters. The molecule has 0 aliphatic rings. The molecular formula is C18H23N5O2S. The van der Waals surface area contributed by atoms with Crippen molar-refractivity contribution in [3.05, 3.63) is 38.9 Å². The molecule has 3 aromatic heterocycles. The van der Waals surface area contributed by atoms with E-state index in [1.54, 1.807) is 9.08 Å². The molecule has 0 bridgehead atoms. The highest BCUT2D eigenvalue weighted by Crippen LogP contribution is 2.22. The van der Waals surface area contributed by atoms with Crippen LogP contribution in [0.2, 0.25) is 0 Å². The van der Waals surface area contributed by atoms with Crippen molar-refractivity contribution >= 4 is 22.2 Å². The molecule has 0 fully saturated rings. The number of carbonyl (C=O) groups is 1. The van der Waals surface area contributed by atoms with E-state index in [9.17, 15) is 9.59 Å². The molecule has 0 spiro atoms. The van der Waals surface area contributed by atoms with Gasteiger partial charge in [-0.05, 0) is 26.3 Å². The third kappa shape index (κ3) is 3.41. The molecule has 138 valence electrons. The molecule has 0 saturated carbocycles. The largest absolute Gasteiger partial charge is 0.356 e. The topological polar surface area (TPSA) is 81.3 Å². The van der Waals surface area contributed by atoms with Gasteiger partial charge in [0, 0.05) is 24.7 Å². The number of fused-ring (bicyclic) bond motifs is 1. The second kappa shape index (κ2) is 7.41. The first-order valence-corrected chi connectivity index (χ1v) is 9.57. The van der Waals surface area contributed by atoms with E-state index in [2.05, 4.69) is 22.3 Å². The number of hydrogen-bond donors (Lipinski definition) is 1. The smallest absolute Gasteiger partial charge is 0.268 e. The van der Waals surface area contributed by atoms with Crippen molar-refractivity contribution in [2.45, 2.75) is 40.0 Å². The van der Waals surface area contributed by atoms with E-state index in [1.165, 1.54) is 11.3 Å². The lowest BCUT2D eigenvalue weighted by Crippen LogP contribution is -2.28. The number of thiazole rings is 1. The van der Waals surface area contributed by atoms with Crippen LogP contribution in [0.15, 0.2) is 16.2 Å². The number of hydrogen-bond acceptors (Lipinski definition) is 5. The quantitative estimate of drug-likeness (QED) is 0.672. The van der Waals surface area contributed by atoms with Crippen LogP contribution in [0.3, 0.4) is 0 Å². The molecule has 0 saturated heterocycles. The summed E-state index contributed by atoms with van der Waals surface area (Å²) in [5, 5.41) is 9.06. The summed E-state index contributed by atoms with van der Waals surface area (Å²) in [6.45, 7) is 6.45. The first-order valence-electron chi connectivity index (χ1n) is 8.69. The van der Waals surface area contributed by atoms with Gasteiger partial charge >= 0.3 is 0 Å². The maximum Gasteiger partial charge on any atom is 0.268 e. The van der Waals surface area contributed by atoms with Gasteiger partial charge in [0.25, 0.3) is 5.56 Å². The Morgan fingerprint density at radius 3 is 2.77 bits per heavy atom. The van der Waals surface area contributed by atoms with Crippen molar-refractivity contribution in [3.63, 3.8) is 0 Å². The summed E-state index contributed by atoms with van der Waals surface area (Å²) in [7, 11) is 1.81. The van der Waals surface area contributed by atoms with Crippen molar-refractivity contribution in [1.82, 2.24) is 24.5 Å². The predicted molar refractivity (Wildman–Crippen MR) is 103 cm³/mol. The normalized spacial score (nSPS) is 11.2. The van der Waals surface area contributed by atoms with Crippen LogP contribution in [0.25, 0.3) is 16.2 Å². The highest BCUT2D eigenvalue weighted by Gasteiger charge is 2.19. The summed E-state index contributed by atoms with van der Waals surface area (Å²) in [5.41, 5.74) is 3.27. The third-order valence-electron chi connectivity index (χ3n) is 4.27. The van der Waals surface area contributed by atoms with Crippen molar-refractivity contribution in [1.29, 1.82) is 0 Å². The Labute approximate surface area is 155 Å². The Kier molecular flexibility index (Phi) is 5.22. The van der Waals surface area contributed by atoms with Gasteiger partial charge in [-0.2, -0.15) is 5.10 Å². The monoisotopic (exact) mass is 373 g/mol. The number of amides is 1. The molecule has 1 N–H and O–H groups in total. The SMILES string of the molecule is CCCCNC(=O)Cc1csc2nc(C)c(-c3cc(C)nn3C)c(=O)n12. The number of nitrogens with one attached hydrogen (secondary N) is 1. The lowest BCUT2D eigenvalue weighted by atomic mass is 10.1. The van der Waals surface area contributed by atoms with Gasteiger partial charge in [0.2, 0.25) is 5.91 Å². The molecule has 0 unspecified atom stereocenters. The van der Waals surface area contributed by atoms with Gasteiger partial charge in [0.05, 0.1) is 29.1 Å². The third-order valence-corrected chi connectivity index (χ3v) is 5.15. The zero-order chi connectivity index (χ0) is 18.8. The summed E-state index contributed by atoms with van der Waals surface area (Å²) in [4.78, 5) is 30.5. The molecule has 0 aromatic carbocycles. The predicted octanol–water partition coefficient (Wildman–Crippen LogP) is 2.23. The van der Waals surface area contributed by atoms with Crippen LogP contribution in [-0.4, -0.2) is 31.6 Å². The van der Waals surface area contributed by atoms with Crippen molar-refractivity contribution in [3.8, 4) is 11.3 Å². The van der Waals surface area contributed by atoms with E-state index < -0.39 is 0 Å². The first-order chi connectivity index (χ1) is 12.4. The standard InChI is InChI=1S/C18H23N5O2S/c1-5-6-7-19-15(24)9-13-10-26-18-20-12(3)16(17(25)23(13)18)14-8-11(2)21-22(14)4/h8,10H,5-7,9H2,1-4H3,(H,19,24). The minimum Gasteiger partial charge on any atom is -0.356 e. The lowest BCUT2D eigenvalue weighted by molar-refractivity contribution is -0.120. The Balaban J connectivity index is 2.03. The fourth-order valence-electron chi connectivity index (χ4n) is 3.00. The Bertz CT molecular complexity index is 1010. The van der Waals surface area contributed by atoms with Gasteiger partial charge in [0.1, 0.15) is 0 Å². The Morgan fingerprint density at radius 2 is 2.12 bits per heavy atom. The van der Waals surface area contributed by atoms with Crippen LogP contribution < -0.4 is 10.9 Å². The Hall–Kier alpha value is -2.48. The molecule has 0 aliphatic carbocycles. The van der Waals surface area contributed by atoms with Crippen LogP contribution in [0.1, 0.15) is 36.8 Å². The van der Waals surface area contributed by atoms with Gasteiger partial charge in [-0.15, -0.1) is 11.3 Å². The van der Waals surface area contributed by atoms with Crippen molar-refractivity contribution in [2.24, 2.45) is 7.05 Å². The van der Waals surface area contributed by atoms with E-state index in [0.717, 1.165) is 24.2 Å². The molecule has 3 aromatic rings. The van der Waals surface area contributed by atoms with Gasteiger partial charge < -0.3 is 5.32 Å². The summed E-state index contributed by atoms with van der Waals surface area (Å²) < 4.78 is 3.24. The lowest BCUT2D eigenvalue weighted by Gasteiger charge is -2.08. The van der Waals surface area contributed by atoms with E-state index in [-0.39, 0.29) is 17.9 Å². The Morgan fingerprint density at radius 1 is 1.35 bits per heavy atom. The molecule has 0 aliphatic heterocycles. The average molecular weight is 373 g/mol. The maximum atomic E-state index is 13.2. The molecular weight excluding hydrogens is 350 g/mol. The zero-order valence-corrected chi connectivity index (χ0v) is 16.3. The van der Waals surface area contributed by atoms with E-state index in [1.807, 2.05) is 32.3 Å². The minimum absolute atomic E-state index is 0.0800. The molecule has 3 rings (SSSR count). The highest BCUT2D eigenvalue weighted by atomic mass is 32.1. The number of aromatic nitrogens is 4. The molecule has 26 heavy (non-hydrogen) atoms. The molecule has 8 heteroatoms. The van der Waals surface area contributed by atoms with Gasteiger partial charge in [-0.3, -0.25) is 18.7 Å². The summed E-state index contributed by atoms with van der Waals surface area (Å²) in [6.07, 6.45) is 2.14. The summed E-state index contributed by atoms with van der Waals surface area (Å²) >= 11 is 1.38. The fourth-order valence-corrected chi connectivity index (χ4v) is 3.93. The molecule has 1 amide bonds. The number of aryl methyl sites for hydroxylation is 3. The van der Waals surface area contributed by atoms with Crippen LogP contribution in [0, 0.1) is 13.8 Å². The second-order valence-electron chi connectivity index (χ2n) is 6.40. The van der Waals surface area contributed by atoms with Crippen LogP contribution in [-0.2, 0) is 18.3 Å². The minimum atomic E-state index is -0.159.